The third-order valence-electron chi connectivity index (χ3n) is 2.82. The van der Waals surface area contributed by atoms with Crippen molar-refractivity contribution in [2.75, 3.05) is 24.5 Å². The van der Waals surface area contributed by atoms with Crippen molar-refractivity contribution in [3.63, 3.8) is 0 Å². The molecular formula is C12H17FN2O. The summed E-state index contributed by atoms with van der Waals surface area (Å²) in [7, 11) is 0. The first-order valence-corrected chi connectivity index (χ1v) is 5.57. The average molecular weight is 224 g/mol. The minimum Gasteiger partial charge on any atom is -0.390 e. The number of nitrogens with one attached hydrogen (secondary N) is 1. The third kappa shape index (κ3) is 2.71. The van der Waals surface area contributed by atoms with Crippen LogP contribution in [0.1, 0.15) is 6.92 Å². The van der Waals surface area contributed by atoms with Gasteiger partial charge < -0.3 is 15.3 Å². The van der Waals surface area contributed by atoms with E-state index in [1.165, 1.54) is 12.1 Å². The van der Waals surface area contributed by atoms with Crippen LogP contribution in [-0.2, 0) is 0 Å². The van der Waals surface area contributed by atoms with Gasteiger partial charge in [-0.1, -0.05) is 0 Å². The van der Waals surface area contributed by atoms with Crippen molar-refractivity contribution in [1.29, 1.82) is 0 Å². The summed E-state index contributed by atoms with van der Waals surface area (Å²) < 4.78 is 12.8. The van der Waals surface area contributed by atoms with E-state index < -0.39 is 0 Å². The number of aliphatic hydroxyl groups excluding tert-OH is 1. The highest BCUT2D eigenvalue weighted by Crippen LogP contribution is 2.16. The number of benzene rings is 1. The Hall–Kier alpha value is -1.13. The van der Waals surface area contributed by atoms with Crippen LogP contribution in [0, 0.1) is 5.82 Å². The molecule has 1 aromatic rings. The van der Waals surface area contributed by atoms with Gasteiger partial charge in [-0.2, -0.15) is 0 Å². The second-order valence-electron chi connectivity index (χ2n) is 4.34. The number of hydrogen-bond acceptors (Lipinski definition) is 3. The zero-order valence-corrected chi connectivity index (χ0v) is 9.36. The maximum absolute atomic E-state index is 12.8. The Morgan fingerprint density at radius 2 is 2.00 bits per heavy atom. The highest BCUT2D eigenvalue weighted by Gasteiger charge is 2.19. The van der Waals surface area contributed by atoms with Gasteiger partial charge in [0.1, 0.15) is 5.82 Å². The third-order valence-corrected chi connectivity index (χ3v) is 2.82. The van der Waals surface area contributed by atoms with Crippen molar-refractivity contribution < 1.29 is 9.50 Å². The quantitative estimate of drug-likeness (QED) is 0.746. The standard InChI is InChI=1S/C12H17FN2O/c1-9-7-15(8-12(16)6-14-9)11-4-2-10(13)3-5-11/h2-5,9,12,14,16H,6-8H2,1H3. The fourth-order valence-corrected chi connectivity index (χ4v) is 1.99. The molecule has 88 valence electrons. The van der Waals surface area contributed by atoms with Crippen molar-refractivity contribution in [2.24, 2.45) is 0 Å². The van der Waals surface area contributed by atoms with Crippen LogP contribution in [0.4, 0.5) is 10.1 Å². The van der Waals surface area contributed by atoms with Gasteiger partial charge in [0.15, 0.2) is 0 Å². The Kier molecular flexibility index (Phi) is 3.41. The Morgan fingerprint density at radius 1 is 1.31 bits per heavy atom. The monoisotopic (exact) mass is 224 g/mol. The first kappa shape index (κ1) is 11.4. The predicted molar refractivity (Wildman–Crippen MR) is 62.1 cm³/mol. The topological polar surface area (TPSA) is 35.5 Å². The maximum Gasteiger partial charge on any atom is 0.123 e. The van der Waals surface area contributed by atoms with Crippen molar-refractivity contribution in [1.82, 2.24) is 5.32 Å². The molecule has 0 amide bonds. The molecule has 3 nitrogen and oxygen atoms in total. The normalized spacial score (nSPS) is 26.6. The largest absolute Gasteiger partial charge is 0.390 e. The van der Waals surface area contributed by atoms with Gasteiger partial charge in [0.2, 0.25) is 0 Å². The van der Waals surface area contributed by atoms with E-state index in [0.29, 0.717) is 19.1 Å². The van der Waals surface area contributed by atoms with Gasteiger partial charge in [0, 0.05) is 31.4 Å². The molecule has 1 fully saturated rings. The van der Waals surface area contributed by atoms with Crippen LogP contribution < -0.4 is 10.2 Å². The molecule has 1 saturated heterocycles. The smallest absolute Gasteiger partial charge is 0.123 e. The fraction of sp³-hybridized carbons (Fsp3) is 0.500. The van der Waals surface area contributed by atoms with Gasteiger partial charge in [-0.05, 0) is 31.2 Å². The highest BCUT2D eigenvalue weighted by molar-refractivity contribution is 5.46. The maximum atomic E-state index is 12.8. The van der Waals surface area contributed by atoms with E-state index in [-0.39, 0.29) is 11.9 Å². The Balaban J connectivity index is 2.14. The molecule has 1 aromatic carbocycles. The zero-order chi connectivity index (χ0) is 11.5. The summed E-state index contributed by atoms with van der Waals surface area (Å²) in [5.74, 6) is -0.231. The van der Waals surface area contributed by atoms with E-state index in [4.69, 9.17) is 0 Å². The van der Waals surface area contributed by atoms with Crippen LogP contribution in [-0.4, -0.2) is 36.9 Å². The summed E-state index contributed by atoms with van der Waals surface area (Å²) >= 11 is 0. The number of rotatable bonds is 1. The molecular weight excluding hydrogens is 207 g/mol. The molecule has 0 saturated carbocycles. The summed E-state index contributed by atoms with van der Waals surface area (Å²) in [5.41, 5.74) is 0.955. The fourth-order valence-electron chi connectivity index (χ4n) is 1.99. The average Bonchev–Trinajstić information content (AvgIpc) is 2.42. The summed E-state index contributed by atoms with van der Waals surface area (Å²) in [6, 6.07) is 6.72. The number of halogens is 1. The molecule has 0 aromatic heterocycles. The van der Waals surface area contributed by atoms with Crippen LogP contribution >= 0.6 is 0 Å². The van der Waals surface area contributed by atoms with Crippen LogP contribution in [0.15, 0.2) is 24.3 Å². The first-order chi connectivity index (χ1) is 7.65. The van der Waals surface area contributed by atoms with E-state index in [0.717, 1.165) is 12.2 Å². The molecule has 1 aliphatic rings. The Morgan fingerprint density at radius 3 is 2.69 bits per heavy atom. The Bertz CT molecular complexity index is 329. The van der Waals surface area contributed by atoms with Gasteiger partial charge in [-0.3, -0.25) is 0 Å². The number of nitrogens with zero attached hydrogens (tertiary/aromatic N) is 1. The van der Waals surface area contributed by atoms with Crippen molar-refractivity contribution in [3.8, 4) is 0 Å². The molecule has 2 rings (SSSR count). The lowest BCUT2D eigenvalue weighted by atomic mass is 10.2. The van der Waals surface area contributed by atoms with Crippen molar-refractivity contribution >= 4 is 5.69 Å². The minimum absolute atomic E-state index is 0.231. The van der Waals surface area contributed by atoms with E-state index in [1.807, 2.05) is 0 Å². The summed E-state index contributed by atoms with van der Waals surface area (Å²) in [4.78, 5) is 2.08. The summed E-state index contributed by atoms with van der Waals surface area (Å²) in [6.45, 7) is 4.10. The zero-order valence-electron chi connectivity index (χ0n) is 9.36. The SMILES string of the molecule is CC1CN(c2ccc(F)cc2)CC(O)CN1. The molecule has 0 spiro atoms. The molecule has 1 aliphatic heterocycles. The predicted octanol–water partition coefficient (Wildman–Crippen LogP) is 0.985. The molecule has 0 bridgehead atoms. The molecule has 16 heavy (non-hydrogen) atoms. The number of hydrogen-bond donors (Lipinski definition) is 2. The highest BCUT2D eigenvalue weighted by atomic mass is 19.1. The molecule has 1 heterocycles. The van der Waals surface area contributed by atoms with Crippen molar-refractivity contribution in [2.45, 2.75) is 19.1 Å². The summed E-state index contributed by atoms with van der Waals surface area (Å²) in [5, 5.41) is 13.0. The van der Waals surface area contributed by atoms with Crippen LogP contribution in [0.5, 0.6) is 0 Å². The van der Waals surface area contributed by atoms with Gasteiger partial charge >= 0.3 is 0 Å². The molecule has 2 unspecified atom stereocenters. The lowest BCUT2D eigenvalue weighted by molar-refractivity contribution is 0.183. The Labute approximate surface area is 94.9 Å². The van der Waals surface area contributed by atoms with Crippen LogP contribution in [0.3, 0.4) is 0 Å². The molecule has 2 atom stereocenters. The molecule has 4 heteroatoms. The van der Waals surface area contributed by atoms with Gasteiger partial charge in [-0.25, -0.2) is 4.39 Å². The van der Waals surface area contributed by atoms with E-state index in [2.05, 4.69) is 17.1 Å². The van der Waals surface area contributed by atoms with E-state index in [9.17, 15) is 9.50 Å². The van der Waals surface area contributed by atoms with Gasteiger partial charge in [-0.15, -0.1) is 0 Å². The van der Waals surface area contributed by atoms with Gasteiger partial charge in [0.25, 0.3) is 0 Å². The molecule has 2 N–H and O–H groups in total. The number of anilines is 1. The van der Waals surface area contributed by atoms with Crippen LogP contribution in [0.2, 0.25) is 0 Å². The molecule has 0 radical (unpaired) electrons. The summed E-state index contributed by atoms with van der Waals surface area (Å²) in [6.07, 6.45) is -0.380. The van der Waals surface area contributed by atoms with Crippen molar-refractivity contribution in [3.05, 3.63) is 30.1 Å². The van der Waals surface area contributed by atoms with E-state index >= 15 is 0 Å². The lowest BCUT2D eigenvalue weighted by Crippen LogP contribution is -2.35. The lowest BCUT2D eigenvalue weighted by Gasteiger charge is -2.25. The number of β-amino-alcohol motifs (C(OH)–C–C–N with tert-alkyl or cyclic N) is 1. The number of aliphatic hydroxyl groups is 1. The van der Waals surface area contributed by atoms with Crippen LogP contribution in [0.25, 0.3) is 0 Å². The van der Waals surface area contributed by atoms with Gasteiger partial charge in [0.05, 0.1) is 6.10 Å². The second kappa shape index (κ2) is 4.80. The molecule has 0 aliphatic carbocycles. The second-order valence-corrected chi connectivity index (χ2v) is 4.34. The van der Waals surface area contributed by atoms with E-state index in [1.54, 1.807) is 12.1 Å². The first-order valence-electron chi connectivity index (χ1n) is 5.57. The minimum atomic E-state index is -0.380.